The van der Waals surface area contributed by atoms with Crippen molar-refractivity contribution in [1.82, 2.24) is 19.8 Å². The third-order valence-corrected chi connectivity index (χ3v) is 14.5. The molecule has 258 valence electrons. The first-order valence-electron chi connectivity index (χ1n) is 16.4. The van der Waals surface area contributed by atoms with Crippen molar-refractivity contribution in [3.8, 4) is 11.5 Å². The van der Waals surface area contributed by atoms with E-state index in [9.17, 15) is 9.59 Å². The Labute approximate surface area is 300 Å². The van der Waals surface area contributed by atoms with Crippen LogP contribution in [0.25, 0.3) is 0 Å². The number of amides is 2. The van der Waals surface area contributed by atoms with Gasteiger partial charge in [0, 0.05) is 17.2 Å². The Bertz CT molecular complexity index is 1660. The summed E-state index contributed by atoms with van der Waals surface area (Å²) in [5.41, 5.74) is 1.97. The third kappa shape index (κ3) is 11.1. The Hall–Kier alpha value is -3.84. The summed E-state index contributed by atoms with van der Waals surface area (Å²) < 4.78 is 24.6. The van der Waals surface area contributed by atoms with Crippen LogP contribution in [-0.4, -0.2) is 88.7 Å². The SMILES string of the molecule is O=C(OCc1ccccc1)N1CC[C@H]1COc1cncc(Br)c1.[CH3][Sn]([CH3])([CH3])[c]1cncc(OC[C@@H]2CCN2C(=O)OCc2ccccc2)c1. The fraction of sp³-hybridized carbons (Fsp3) is 0.351. The van der Waals surface area contributed by atoms with E-state index in [1.807, 2.05) is 72.9 Å². The van der Waals surface area contributed by atoms with Crippen molar-refractivity contribution in [3.63, 3.8) is 0 Å². The molecule has 0 spiro atoms. The van der Waals surface area contributed by atoms with Crippen molar-refractivity contribution in [2.24, 2.45) is 0 Å². The van der Waals surface area contributed by atoms with Crippen LogP contribution >= 0.6 is 15.9 Å². The Morgan fingerprint density at radius 2 is 1.18 bits per heavy atom. The number of benzene rings is 2. The van der Waals surface area contributed by atoms with Crippen LogP contribution < -0.4 is 13.1 Å². The Balaban J connectivity index is 0.000000192. The number of hydrogen-bond acceptors (Lipinski definition) is 8. The number of ether oxygens (including phenoxy) is 4. The molecule has 2 saturated heterocycles. The van der Waals surface area contributed by atoms with E-state index >= 15 is 0 Å². The predicted octanol–water partition coefficient (Wildman–Crippen LogP) is 7.05. The summed E-state index contributed by atoms with van der Waals surface area (Å²) in [7, 11) is 0. The Morgan fingerprint density at radius 1 is 0.714 bits per heavy atom. The average molecular weight is 838 g/mol. The second-order valence-electron chi connectivity index (χ2n) is 13.0. The molecular formula is C37H43BrN4O6Sn. The van der Waals surface area contributed by atoms with Gasteiger partial charge in [0.05, 0.1) is 12.2 Å². The van der Waals surface area contributed by atoms with Gasteiger partial charge in [0.15, 0.2) is 0 Å². The molecule has 0 N–H and O–H groups in total. The van der Waals surface area contributed by atoms with Gasteiger partial charge in [-0.3, -0.25) is 4.98 Å². The minimum absolute atomic E-state index is 0.0530. The standard InChI is InChI=1S/C17H17BrN2O3.C17H17N2O3.3CH3.Sn/c18-14-8-16(10-19-9-14)22-12-15-6-7-20(15)17(21)23-11-13-4-2-1-3-5-13;20-17(22-12-14-5-2-1-3-6-14)19-10-8-15(19)13-21-16-7-4-9-18-11-16;;;;/h1-5,8-10,15H,6-7,11-12H2;1-3,5-7,9,11,15H,8,10,12-13H2;3*1H3;/t2*15-;;;;/m00..../s1. The molecule has 2 aliphatic rings. The maximum absolute atomic E-state index is 12.3. The van der Waals surface area contributed by atoms with Gasteiger partial charge in [0.1, 0.15) is 19.0 Å². The van der Waals surface area contributed by atoms with Gasteiger partial charge in [-0.25, -0.2) is 4.79 Å². The molecule has 49 heavy (non-hydrogen) atoms. The van der Waals surface area contributed by atoms with Crippen LogP contribution in [0.4, 0.5) is 9.59 Å². The van der Waals surface area contributed by atoms with Gasteiger partial charge in [0.25, 0.3) is 0 Å². The monoisotopic (exact) mass is 838 g/mol. The summed E-state index contributed by atoms with van der Waals surface area (Å²) in [6.45, 7) is 2.94. The average Bonchev–Trinajstić information content (AvgIpc) is 3.07. The van der Waals surface area contributed by atoms with Crippen LogP contribution in [0.2, 0.25) is 14.8 Å². The molecule has 2 aromatic heterocycles. The molecule has 0 saturated carbocycles. The van der Waals surface area contributed by atoms with Crippen molar-refractivity contribution in [2.45, 2.75) is 53.0 Å². The van der Waals surface area contributed by atoms with E-state index in [1.165, 1.54) is 3.58 Å². The number of nitrogens with zero attached hydrogens (tertiary/aromatic N) is 4. The van der Waals surface area contributed by atoms with E-state index in [0.29, 0.717) is 38.7 Å². The number of rotatable bonds is 11. The summed E-state index contributed by atoms with van der Waals surface area (Å²) in [6, 6.07) is 23.5. The maximum atomic E-state index is 12.3. The molecule has 2 amide bonds. The first-order chi connectivity index (χ1) is 23.7. The summed E-state index contributed by atoms with van der Waals surface area (Å²) in [4.78, 5) is 43.2. The molecule has 10 nitrogen and oxygen atoms in total. The second-order valence-corrected chi connectivity index (χ2v) is 28.4. The summed E-state index contributed by atoms with van der Waals surface area (Å²) in [5, 5.41) is 0. The second kappa shape index (κ2) is 17.7. The number of hydrogen-bond donors (Lipinski definition) is 0. The first kappa shape index (κ1) is 36.4. The van der Waals surface area contributed by atoms with Crippen molar-refractivity contribution in [3.05, 3.63) is 113 Å². The fourth-order valence-electron chi connectivity index (χ4n) is 5.08. The van der Waals surface area contributed by atoms with Gasteiger partial charge in [-0.15, -0.1) is 0 Å². The van der Waals surface area contributed by atoms with Crippen LogP contribution in [0.1, 0.15) is 24.0 Å². The number of halogens is 1. The number of carbonyl (C=O) groups excluding carboxylic acids is 2. The van der Waals surface area contributed by atoms with Gasteiger partial charge >= 0.3 is 147 Å². The molecule has 6 rings (SSSR count). The van der Waals surface area contributed by atoms with Crippen LogP contribution in [0, 0.1) is 0 Å². The quantitative estimate of drug-likeness (QED) is 0.148. The normalized spacial score (nSPS) is 16.7. The molecule has 0 unspecified atom stereocenters. The molecule has 2 aliphatic heterocycles. The van der Waals surface area contributed by atoms with E-state index in [2.05, 4.69) is 46.8 Å². The molecule has 2 fully saturated rings. The van der Waals surface area contributed by atoms with Crippen LogP contribution in [0.5, 0.6) is 11.5 Å². The van der Waals surface area contributed by atoms with E-state index in [0.717, 1.165) is 40.7 Å². The summed E-state index contributed by atoms with van der Waals surface area (Å²) in [5.74, 6) is 1.47. The number of pyridine rings is 2. The number of aromatic nitrogens is 2. The van der Waals surface area contributed by atoms with Crippen molar-refractivity contribution >= 4 is 50.1 Å². The molecule has 0 aliphatic carbocycles. The first-order valence-corrected chi connectivity index (χ1v) is 27.2. The minimum atomic E-state index is -2.15. The fourth-order valence-corrected chi connectivity index (χ4v) is 8.38. The number of carbonyl (C=O) groups is 2. The molecule has 0 bridgehead atoms. The Morgan fingerprint density at radius 3 is 1.61 bits per heavy atom. The molecule has 12 heteroatoms. The zero-order chi connectivity index (χ0) is 34.6. The van der Waals surface area contributed by atoms with E-state index < -0.39 is 18.4 Å². The Kier molecular flexibility index (Phi) is 13.2. The van der Waals surface area contributed by atoms with E-state index in [1.54, 1.807) is 28.4 Å². The van der Waals surface area contributed by atoms with Crippen LogP contribution in [0.3, 0.4) is 0 Å². The van der Waals surface area contributed by atoms with Crippen molar-refractivity contribution in [2.75, 3.05) is 26.3 Å². The van der Waals surface area contributed by atoms with Gasteiger partial charge < -0.3 is 14.4 Å². The van der Waals surface area contributed by atoms with Crippen molar-refractivity contribution < 1.29 is 28.5 Å². The molecule has 4 heterocycles. The zero-order valence-corrected chi connectivity index (χ0v) is 32.6. The molecule has 2 atom stereocenters. The molecule has 0 radical (unpaired) electrons. The summed E-state index contributed by atoms with van der Waals surface area (Å²) >= 11 is 1.20. The van der Waals surface area contributed by atoms with Gasteiger partial charge in [-0.1, -0.05) is 48.5 Å². The van der Waals surface area contributed by atoms with Gasteiger partial charge in [-0.2, -0.15) is 0 Å². The van der Waals surface area contributed by atoms with Crippen molar-refractivity contribution in [1.29, 1.82) is 0 Å². The van der Waals surface area contributed by atoms with Gasteiger partial charge in [0.2, 0.25) is 0 Å². The molecular weight excluding hydrogens is 795 g/mol. The summed E-state index contributed by atoms with van der Waals surface area (Å²) in [6.07, 6.45) is 8.35. The van der Waals surface area contributed by atoms with E-state index in [4.69, 9.17) is 18.9 Å². The van der Waals surface area contributed by atoms with E-state index in [-0.39, 0.29) is 24.3 Å². The number of likely N-dealkylation sites (tertiary alicyclic amines) is 2. The molecule has 2 aromatic carbocycles. The topological polar surface area (TPSA) is 103 Å². The van der Waals surface area contributed by atoms with Crippen LogP contribution in [-0.2, 0) is 22.7 Å². The zero-order valence-electron chi connectivity index (χ0n) is 28.2. The third-order valence-electron chi connectivity index (χ3n) is 8.31. The van der Waals surface area contributed by atoms with Gasteiger partial charge in [-0.05, 0) is 34.0 Å². The predicted molar refractivity (Wildman–Crippen MR) is 194 cm³/mol. The molecule has 4 aromatic rings. The van der Waals surface area contributed by atoms with Crippen LogP contribution in [0.15, 0.2) is 102 Å².